The molecule has 5 atom stereocenters. The molecular weight excluding hydrogens is 577 g/mol. The summed E-state index contributed by atoms with van der Waals surface area (Å²) >= 11 is 1.05. The summed E-state index contributed by atoms with van der Waals surface area (Å²) in [4.78, 5) is 26.9. The highest BCUT2D eigenvalue weighted by Crippen LogP contribution is 2.58. The Morgan fingerprint density at radius 2 is 2.13 bits per heavy atom. The third kappa shape index (κ3) is 6.39. The normalized spacial score (nSPS) is 29.5. The van der Waals surface area contributed by atoms with Crippen molar-refractivity contribution in [3.05, 3.63) is 6.33 Å². The molecule has 4 heterocycles. The molecule has 16 nitrogen and oxygen atoms in total. The van der Waals surface area contributed by atoms with Crippen molar-refractivity contribution in [3.8, 4) is 0 Å². The first-order chi connectivity index (χ1) is 17.9. The molecule has 1 unspecified atom stereocenters. The smallest absolute Gasteiger partial charge is 0.383 e. The Morgan fingerprint density at radius 3 is 2.77 bits per heavy atom. The van der Waals surface area contributed by atoms with Crippen molar-refractivity contribution in [3.63, 3.8) is 0 Å². The fraction of sp³-hybridized carbons (Fsp3) is 0.700. The van der Waals surface area contributed by atoms with Crippen molar-refractivity contribution < 1.29 is 41.2 Å². The lowest BCUT2D eigenvalue weighted by atomic mass is 9.96. The third-order valence-corrected chi connectivity index (χ3v) is 9.13. The van der Waals surface area contributed by atoms with Gasteiger partial charge >= 0.3 is 7.82 Å². The van der Waals surface area contributed by atoms with E-state index in [0.29, 0.717) is 0 Å². The molecule has 0 radical (unpaired) electrons. The molecule has 39 heavy (non-hydrogen) atoms. The zero-order valence-electron chi connectivity index (χ0n) is 22.2. The van der Waals surface area contributed by atoms with Crippen LogP contribution in [-0.4, -0.2) is 88.2 Å². The maximum Gasteiger partial charge on any atom is 0.475 e. The van der Waals surface area contributed by atoms with Crippen molar-refractivity contribution in [1.29, 1.82) is 0 Å². The number of anilines is 2. The van der Waals surface area contributed by atoms with E-state index in [4.69, 9.17) is 24.0 Å². The Balaban J connectivity index is 1.53. The quantitative estimate of drug-likeness (QED) is 0.215. The van der Waals surface area contributed by atoms with Gasteiger partial charge in [0.05, 0.1) is 25.8 Å². The third-order valence-electron chi connectivity index (χ3n) is 5.83. The maximum atomic E-state index is 13.1. The predicted molar refractivity (Wildman–Crippen MR) is 142 cm³/mol. The van der Waals surface area contributed by atoms with Gasteiger partial charge in [0.2, 0.25) is 16.0 Å². The molecule has 4 N–H and O–H groups in total. The highest BCUT2D eigenvalue weighted by molar-refractivity contribution is 8.13. The van der Waals surface area contributed by atoms with Crippen LogP contribution in [0.25, 0.3) is 11.2 Å². The molecular formula is C20H32N7O9PS2. The number of phosphoric ester groups is 1. The summed E-state index contributed by atoms with van der Waals surface area (Å²) in [6, 6.07) is 0. The number of nitrogens with two attached hydrogens (primary N) is 1. The lowest BCUT2D eigenvalue weighted by Crippen LogP contribution is -2.47. The van der Waals surface area contributed by atoms with E-state index in [2.05, 4.69) is 19.8 Å². The number of thioether (sulfide) groups is 1. The second-order valence-corrected chi connectivity index (χ2v) is 14.8. The molecule has 0 bridgehead atoms. The molecule has 0 spiro atoms. The van der Waals surface area contributed by atoms with E-state index in [0.717, 1.165) is 23.0 Å². The van der Waals surface area contributed by atoms with Crippen LogP contribution >= 0.6 is 19.6 Å². The Labute approximate surface area is 229 Å². The molecule has 2 aliphatic heterocycles. The van der Waals surface area contributed by atoms with Crippen LogP contribution < -0.4 is 15.6 Å². The highest BCUT2D eigenvalue weighted by atomic mass is 32.2. The van der Waals surface area contributed by atoms with Gasteiger partial charge in [0.25, 0.3) is 0 Å². The number of phosphoric acid groups is 1. The van der Waals surface area contributed by atoms with Crippen LogP contribution in [0.3, 0.4) is 0 Å². The van der Waals surface area contributed by atoms with Gasteiger partial charge in [-0.15, -0.1) is 4.83 Å². The van der Waals surface area contributed by atoms with E-state index in [-0.39, 0.29) is 47.0 Å². The van der Waals surface area contributed by atoms with Crippen LogP contribution in [-0.2, 0) is 37.7 Å². The number of ether oxygens (including phenoxy) is 1. The predicted octanol–water partition coefficient (Wildman–Crippen LogP) is 0.803. The largest absolute Gasteiger partial charge is 0.475 e. The zero-order valence-corrected chi connectivity index (χ0v) is 24.7. The fourth-order valence-electron chi connectivity index (χ4n) is 4.06. The number of sulfonamides is 1. The summed E-state index contributed by atoms with van der Waals surface area (Å²) < 4.78 is 60.3. The van der Waals surface area contributed by atoms with E-state index in [9.17, 15) is 22.9 Å². The molecule has 0 aliphatic carbocycles. The van der Waals surface area contributed by atoms with Gasteiger partial charge < -0.3 is 15.6 Å². The monoisotopic (exact) mass is 609 g/mol. The van der Waals surface area contributed by atoms with Gasteiger partial charge in [-0.2, -0.15) is 9.97 Å². The van der Waals surface area contributed by atoms with Gasteiger partial charge in [0.15, 0.2) is 28.3 Å². The molecule has 0 saturated carbocycles. The summed E-state index contributed by atoms with van der Waals surface area (Å²) in [6.45, 7) is 6.56. The molecule has 218 valence electrons. The zero-order chi connectivity index (χ0) is 29.0. The molecule has 19 heteroatoms. The van der Waals surface area contributed by atoms with Crippen LogP contribution in [0.5, 0.6) is 0 Å². The Morgan fingerprint density at radius 1 is 1.44 bits per heavy atom. The number of carbonyl (C=O) groups excluding carboxylic acids is 1. The van der Waals surface area contributed by atoms with E-state index in [1.807, 2.05) is 0 Å². The van der Waals surface area contributed by atoms with Crippen LogP contribution in [0.2, 0.25) is 0 Å². The average molecular weight is 610 g/mol. The van der Waals surface area contributed by atoms with Crippen LogP contribution in [0.1, 0.15) is 33.9 Å². The Kier molecular flexibility index (Phi) is 8.10. The van der Waals surface area contributed by atoms with E-state index >= 15 is 0 Å². The maximum absolute atomic E-state index is 13.1. The van der Waals surface area contributed by atoms with Crippen molar-refractivity contribution in [2.45, 2.75) is 51.7 Å². The van der Waals surface area contributed by atoms with Gasteiger partial charge in [0, 0.05) is 18.2 Å². The van der Waals surface area contributed by atoms with Gasteiger partial charge in [-0.05, 0) is 6.92 Å². The molecule has 2 fully saturated rings. The number of imidazole rings is 1. The lowest BCUT2D eigenvalue weighted by Gasteiger charge is -2.35. The number of aromatic nitrogens is 4. The fourth-order valence-corrected chi connectivity index (χ4v) is 7.02. The lowest BCUT2D eigenvalue weighted by molar-refractivity contribution is -0.117. The summed E-state index contributed by atoms with van der Waals surface area (Å²) in [7, 11) is -6.29. The number of nitrogen functional groups attached to an aromatic ring is 1. The first-order valence-corrected chi connectivity index (χ1v) is 16.1. The minimum atomic E-state index is -4.07. The molecule has 2 aromatic heterocycles. The summed E-state index contributed by atoms with van der Waals surface area (Å²) in [5.74, 6) is 0.123. The number of carbonyl (C=O) groups is 1. The number of hydrogen-bond donors (Lipinski definition) is 3. The van der Waals surface area contributed by atoms with Crippen molar-refractivity contribution >= 4 is 57.7 Å². The number of aliphatic hydroxyl groups is 1. The number of fused-ring (bicyclic) bond motifs is 2. The molecule has 0 aromatic carbocycles. The minimum Gasteiger partial charge on any atom is -0.383 e. The molecule has 2 aromatic rings. The SMILES string of the molecule is CN(NS(C)(=O)=O)c1nc(N)nc2c1ncn2[C@@H]1O[C@@H]2COP(=O)(OCCSC(=O)C(C)(C)C)O[C@H]2[C@@]1(C)O. The summed E-state index contributed by atoms with van der Waals surface area (Å²) in [6.07, 6.45) is -0.769. The van der Waals surface area contributed by atoms with E-state index in [1.165, 1.54) is 24.9 Å². The number of hydrogen-bond acceptors (Lipinski definition) is 15. The van der Waals surface area contributed by atoms with Crippen molar-refractivity contribution in [2.24, 2.45) is 5.41 Å². The van der Waals surface area contributed by atoms with Crippen LogP contribution in [0, 0.1) is 5.41 Å². The number of rotatable bonds is 8. The minimum absolute atomic E-state index is 0.0386. The van der Waals surface area contributed by atoms with Crippen LogP contribution in [0.15, 0.2) is 6.33 Å². The average Bonchev–Trinajstić information content (AvgIpc) is 3.32. The summed E-state index contributed by atoms with van der Waals surface area (Å²) in [5, 5.41) is 12.6. The second kappa shape index (κ2) is 10.5. The van der Waals surface area contributed by atoms with E-state index < -0.39 is 47.3 Å². The first kappa shape index (κ1) is 30.1. The first-order valence-electron chi connectivity index (χ1n) is 11.7. The summed E-state index contributed by atoms with van der Waals surface area (Å²) in [5.41, 5.74) is 3.90. The topological polar surface area (TPSA) is 210 Å². The van der Waals surface area contributed by atoms with Gasteiger partial charge in [-0.1, -0.05) is 32.5 Å². The van der Waals surface area contributed by atoms with Crippen LogP contribution in [0.4, 0.5) is 11.8 Å². The van der Waals surface area contributed by atoms with Gasteiger partial charge in [0.1, 0.15) is 17.8 Å². The Bertz CT molecular complexity index is 1410. The molecule has 2 saturated heterocycles. The number of hydrazine groups is 1. The van der Waals surface area contributed by atoms with Gasteiger partial charge in [-0.25, -0.2) is 18.0 Å². The molecule has 2 aliphatic rings. The van der Waals surface area contributed by atoms with Crippen molar-refractivity contribution in [2.75, 3.05) is 43.0 Å². The van der Waals surface area contributed by atoms with Crippen molar-refractivity contribution in [1.82, 2.24) is 24.4 Å². The number of nitrogens with zero attached hydrogens (tertiary/aromatic N) is 5. The Hall–Kier alpha value is -1.89. The van der Waals surface area contributed by atoms with E-state index in [1.54, 1.807) is 20.8 Å². The number of nitrogens with one attached hydrogen (secondary N) is 1. The highest BCUT2D eigenvalue weighted by Gasteiger charge is 2.60. The van der Waals surface area contributed by atoms with Gasteiger partial charge in [-0.3, -0.25) is 27.9 Å². The molecule has 4 rings (SSSR count). The standard InChI is InChI=1S/C20H32N7O9PS2/c1-19(2,3)17(28)38-8-7-33-37(30)34-9-11-13(36-37)20(4,29)16(35-11)27-10-22-12-14(23-18(21)24-15(12)27)26(5)25-39(6,31)32/h10-11,13,16,25,29H,7-9H2,1-6H3,(H2,21,23,24)/t11-,13-,16-,20-,37?/m1/s1. The molecule has 0 amide bonds. The second-order valence-electron chi connectivity index (χ2n) is 10.4.